The Morgan fingerprint density at radius 2 is 1.16 bits per heavy atom. The minimum atomic E-state index is -4.51. The molecule has 0 saturated carbocycles. The normalized spacial score (nSPS) is 27.0. The summed E-state index contributed by atoms with van der Waals surface area (Å²) in [4.78, 5) is 96.9. The average molecular weight is 1890 g/mol. The van der Waals surface area contributed by atoms with Gasteiger partial charge in [0.2, 0.25) is 33.0 Å². The van der Waals surface area contributed by atoms with Gasteiger partial charge in [-0.15, -0.1) is 0 Å². The molecule has 738 valence electrons. The minimum Gasteiger partial charge on any atom is -0.776 e. The van der Waals surface area contributed by atoms with E-state index >= 15 is 0 Å². The molecular formula is C90H164N5O28P4-. The summed E-state index contributed by atoms with van der Waals surface area (Å²) in [6.07, 6.45) is 18.7. The number of anilines is 1. The monoisotopic (exact) mass is 1890 g/mol. The maximum atomic E-state index is 12.9. The molecule has 11 unspecified atom stereocenters. The zero-order valence-electron chi connectivity index (χ0n) is 83.8. The molecule has 4 amide bonds. The number of unbranched alkanes of at least 4 members (excludes halogenated alkanes) is 18. The van der Waals surface area contributed by atoms with Gasteiger partial charge in [0.25, 0.3) is 8.53 Å². The SMILES string of the molecule is CC(C)C.CCCCCCCCCC(=O)NCCCCCCO[C@H]1C(O)[C@H](COP(C)(=O)OC)O[C@@H]1C.COP(C)(=O)O[C@@H]1C(/C=C/P(=O)([O-])O)O[C@@H](C)[C@@H]1C.[2H]CC1O[C@@H](C)[C@H](OCCCCCCNC(=O)CCCCCCCCC)[C@@H]1OP(OCC[N+]#[C-])N(C(C)C)C(C)C.[2H][C@H]1C(OC(=O)CCC(=O)OC)C2O[C@H]1C1C(=O)N(c3ccccc3)C(=O)C21.[3H]OC.[3H]OC. The number of hydrogen-bond donors (Lipinski definition) is 6. The number of nitrogens with one attached hydrogen (secondary N) is 2. The van der Waals surface area contributed by atoms with Crippen molar-refractivity contribution in [2.75, 3.05) is 99.8 Å². The Hall–Kier alpha value is -4.13. The number of amides is 4. The van der Waals surface area contributed by atoms with Crippen LogP contribution in [-0.4, -0.2) is 256 Å². The lowest BCUT2D eigenvalue weighted by Gasteiger charge is -2.37. The molecule has 6 aliphatic rings. The van der Waals surface area contributed by atoms with Gasteiger partial charge < -0.3 is 110 Å². The fourth-order valence-corrected chi connectivity index (χ4v) is 18.2. The Kier molecular flexibility index (Phi) is 60.7. The van der Waals surface area contributed by atoms with Gasteiger partial charge in [0, 0.05) is 108 Å². The first-order valence-corrected chi connectivity index (χ1v) is 52.4. The summed E-state index contributed by atoms with van der Waals surface area (Å²) < 4.78 is 142. The van der Waals surface area contributed by atoms with Crippen LogP contribution in [0.2, 0.25) is 0 Å². The van der Waals surface area contributed by atoms with Crippen molar-refractivity contribution >= 4 is 72.6 Å². The standard InChI is InChI=1S/C31H60N3O5P.C24H48NO7P.C19H19NO7.C10H20O7P2.C4H10.2CH4O/c1-9-10-11-12-13-14-17-20-29(35)33-21-18-15-16-19-23-36-30-27(6)38-28(7)31(30)39-40(37-24-22-32-8)34(25(2)3)26(4)5;1-5-6-7-8-9-10-13-16-22(26)25-17-14-11-12-15-18-30-24-20(2)32-21(23(24)27)19-31-33(4,28)29-3;1-25-13(21)7-8-14(22)26-12-9-11-15-16(17(12)27-11)19(24)20(18(15)23)10-5-3-2-4-6-10;1-7-8(2)16-9(5-6-19(12,13)14)10(7)17-18(4,11)15-3;1-4(2)3;2*1-2/h25-28,30-31H,9-24H2,1-7H3,(H,33,35);20-21,23-24,27H,5-19H2,1-4H3,(H,25,26);2-6,11-12,15-17H,7-9H2,1H3;5-10H,1-4H3,(H2,12,13,14);4H,1-3H3;2*2H,1H3/p-1/b;;;6-5+;;;/t27-,28?,30-,31+,40?;20-,21+,23?,24-,33?;11-,12?,15?,16?,17?;7-,8-,9?,10-,18?;;;/m0110.../s1/i7D;;9D;;;2*2T/tm;;9-,11-,12?,15?,16?,17?;;;;. The first kappa shape index (κ1) is 113. The van der Waals surface area contributed by atoms with Crippen LogP contribution < -0.4 is 20.4 Å². The van der Waals surface area contributed by atoms with Gasteiger partial charge >= 0.3 is 27.1 Å². The molecule has 37 heteroatoms. The Balaban J connectivity index is 0.000000863. The van der Waals surface area contributed by atoms with E-state index in [2.05, 4.69) is 97.4 Å². The van der Waals surface area contributed by atoms with Crippen LogP contribution in [-0.2, 0) is 107 Å². The van der Waals surface area contributed by atoms with Crippen LogP contribution in [0.15, 0.2) is 42.2 Å². The van der Waals surface area contributed by atoms with E-state index in [4.69, 9.17) is 77.4 Å². The number of esters is 2. The van der Waals surface area contributed by atoms with Crippen LogP contribution in [0.5, 0.6) is 0 Å². The van der Waals surface area contributed by atoms with E-state index in [1.165, 1.54) is 119 Å². The fourth-order valence-electron chi connectivity index (χ4n) is 14.7. The maximum Gasteiger partial charge on any atom is 0.327 e. The molecule has 7 rings (SSSR count). The number of aliphatic hydroxyl groups is 3. The van der Waals surface area contributed by atoms with Gasteiger partial charge in [-0.05, 0) is 124 Å². The molecule has 1 aromatic carbocycles. The van der Waals surface area contributed by atoms with Crippen LogP contribution in [0.1, 0.15) is 273 Å². The smallest absolute Gasteiger partial charge is 0.327 e. The summed E-state index contributed by atoms with van der Waals surface area (Å²) in [6, 6.07) is 8.99. The van der Waals surface area contributed by atoms with E-state index in [1.54, 1.807) is 37.3 Å². The number of aliphatic hydroxyl groups excluding tert-OH is 3. The highest BCUT2D eigenvalue weighted by atomic mass is 31.2. The second-order valence-corrected chi connectivity index (χ2v) is 40.7. The molecular weight excluding hydrogens is 1720 g/mol. The molecule has 33 nitrogen and oxygen atoms in total. The molecule has 127 heavy (non-hydrogen) atoms. The van der Waals surface area contributed by atoms with Crippen molar-refractivity contribution < 1.29 is 135 Å². The van der Waals surface area contributed by atoms with Crippen LogP contribution in [0, 0.1) is 30.2 Å². The summed E-state index contributed by atoms with van der Waals surface area (Å²) in [5, 5.41) is 23.5. The summed E-state index contributed by atoms with van der Waals surface area (Å²) >= 11 is 0. The number of fused-ring (bicyclic) bond motifs is 5. The second-order valence-electron chi connectivity index (χ2n) is 33.5. The zero-order chi connectivity index (χ0) is 98.8. The lowest BCUT2D eigenvalue weighted by molar-refractivity contribution is -0.189. The molecule has 6 heterocycles. The van der Waals surface area contributed by atoms with Crippen molar-refractivity contribution in [1.29, 1.82) is 2.86 Å². The van der Waals surface area contributed by atoms with E-state index in [0.29, 0.717) is 44.2 Å². The summed E-state index contributed by atoms with van der Waals surface area (Å²) in [5.74, 6) is -1.79. The number of nitrogens with zero attached hydrogens (tertiary/aromatic N) is 3. The third kappa shape index (κ3) is 48.1. The molecule has 0 spiro atoms. The Morgan fingerprint density at radius 3 is 1.65 bits per heavy atom. The van der Waals surface area contributed by atoms with Gasteiger partial charge in [0.15, 0.2) is 7.60 Å². The fraction of sp³-hybridized carbons (Fsp3) is 0.833. The number of carbonyl (C=O) groups is 6. The molecule has 1 aromatic rings. The molecule has 6 aliphatic heterocycles. The van der Waals surface area contributed by atoms with Crippen molar-refractivity contribution in [2.24, 2.45) is 23.7 Å². The number of benzene rings is 1. The van der Waals surface area contributed by atoms with Gasteiger partial charge in [-0.3, -0.25) is 37.9 Å². The third-order valence-corrected chi connectivity index (χ3v) is 26.7. The lowest BCUT2D eigenvalue weighted by Crippen LogP contribution is -2.41. The molecule has 0 aromatic heterocycles. The lowest BCUT2D eigenvalue weighted by atomic mass is 9.79. The van der Waals surface area contributed by atoms with E-state index in [9.17, 15) is 52.5 Å². The number of para-hydroxylation sites is 1. The zero-order valence-corrected chi connectivity index (χ0v) is 83.4. The Labute approximate surface area is 767 Å². The van der Waals surface area contributed by atoms with E-state index in [1.807, 2.05) is 20.8 Å². The van der Waals surface area contributed by atoms with Crippen molar-refractivity contribution in [3.05, 3.63) is 53.6 Å². The highest BCUT2D eigenvalue weighted by Crippen LogP contribution is 2.53. The largest absolute Gasteiger partial charge is 0.776 e. The van der Waals surface area contributed by atoms with Crippen LogP contribution in [0.4, 0.5) is 5.69 Å². The Morgan fingerprint density at radius 1 is 0.669 bits per heavy atom. The highest BCUT2D eigenvalue weighted by Gasteiger charge is 2.67. The van der Waals surface area contributed by atoms with Crippen molar-refractivity contribution in [1.82, 2.24) is 15.3 Å². The molecule has 6 saturated heterocycles. The molecule has 22 atom stereocenters. The van der Waals surface area contributed by atoms with E-state index in [0.717, 1.165) is 101 Å². The molecule has 0 aliphatic carbocycles. The molecule has 6 N–H and O–H groups in total. The minimum absolute atomic E-state index is 0.00232. The average Bonchev–Trinajstić information content (AvgIpc) is 1.54. The summed E-state index contributed by atoms with van der Waals surface area (Å²) in [6.45, 7) is 40.0. The van der Waals surface area contributed by atoms with Gasteiger partial charge in [-0.25, -0.2) is 16.1 Å². The molecule has 0 radical (unpaired) electrons. The van der Waals surface area contributed by atoms with E-state index in [-0.39, 0.29) is 99.1 Å². The number of methoxy groups -OCH3 is 1. The molecule has 2 bridgehead atoms. The van der Waals surface area contributed by atoms with Gasteiger partial charge in [-0.1, -0.05) is 162 Å². The number of rotatable bonds is 54. The number of carbonyl (C=O) groups excluding carboxylic acids is 6. The van der Waals surface area contributed by atoms with Crippen LogP contribution in [0.3, 0.4) is 0 Å². The molecule has 6 fully saturated rings. The van der Waals surface area contributed by atoms with Crippen molar-refractivity contribution in [2.45, 2.75) is 368 Å². The van der Waals surface area contributed by atoms with Gasteiger partial charge in [-0.2, -0.15) is 0 Å². The third-order valence-electron chi connectivity index (χ3n) is 21.4. The first-order chi connectivity index (χ1) is 62.1. The highest BCUT2D eigenvalue weighted by molar-refractivity contribution is 7.54. The van der Waals surface area contributed by atoms with Gasteiger partial charge in [0.1, 0.15) is 61.5 Å². The Bertz CT molecular complexity index is 3490. The predicted octanol–water partition coefficient (Wildman–Crippen LogP) is 15.5. The number of hydrogen-bond acceptors (Lipinski definition) is 28. The number of imide groups is 1. The van der Waals surface area contributed by atoms with Crippen molar-refractivity contribution in [3.63, 3.8) is 0 Å². The predicted molar refractivity (Wildman–Crippen MR) is 491 cm³/mol. The summed E-state index contributed by atoms with van der Waals surface area (Å²) in [7, 11) is -5.86. The van der Waals surface area contributed by atoms with E-state index < -0.39 is 122 Å². The first-order valence-electron chi connectivity index (χ1n) is 47.7. The quantitative estimate of drug-likeness (QED) is 0.0116. The van der Waals surface area contributed by atoms with Gasteiger partial charge in [0.05, 0.1) is 74.6 Å². The number of ether oxygens (including phenoxy) is 8. The topological polar surface area (TPSA) is 422 Å². The van der Waals surface area contributed by atoms with Crippen LogP contribution >= 0.6 is 31.3 Å². The maximum absolute atomic E-state index is 12.9. The van der Waals surface area contributed by atoms with Crippen molar-refractivity contribution in [3.8, 4) is 0 Å². The van der Waals surface area contributed by atoms with Crippen LogP contribution in [0.25, 0.3) is 4.85 Å². The summed E-state index contributed by atoms with van der Waals surface area (Å²) in [5.41, 5.74) is 0.472. The second kappa shape index (κ2) is 68.0.